The van der Waals surface area contributed by atoms with Crippen molar-refractivity contribution in [3.63, 3.8) is 0 Å². The monoisotopic (exact) mass is 203 g/mol. The van der Waals surface area contributed by atoms with E-state index in [0.717, 1.165) is 24.3 Å². The van der Waals surface area contributed by atoms with Gasteiger partial charge in [0.2, 0.25) is 0 Å². The quantitative estimate of drug-likeness (QED) is 0.695. The molecule has 0 amide bonds. The van der Waals surface area contributed by atoms with Crippen molar-refractivity contribution < 1.29 is 9.05 Å². The van der Waals surface area contributed by atoms with Crippen molar-refractivity contribution in [2.24, 2.45) is 0 Å². The van der Waals surface area contributed by atoms with Crippen molar-refractivity contribution in [2.75, 3.05) is 11.5 Å². The molecule has 2 aliphatic rings. The van der Waals surface area contributed by atoms with Gasteiger partial charge in [0.15, 0.2) is 0 Å². The molecule has 0 bridgehead atoms. The zero-order valence-electron chi connectivity index (χ0n) is 7.83. The Balaban J connectivity index is 1.61. The average Bonchev–Trinajstić information content (AvgIpc) is 2.05. The Morgan fingerprint density at radius 1 is 1.15 bits per heavy atom. The van der Waals surface area contributed by atoms with Crippen molar-refractivity contribution in [3.05, 3.63) is 0 Å². The van der Waals surface area contributed by atoms with E-state index < -0.39 is 10.8 Å². The first-order valence-electron chi connectivity index (χ1n) is 5.11. The van der Waals surface area contributed by atoms with Crippen LogP contribution < -0.4 is 5.48 Å². The summed E-state index contributed by atoms with van der Waals surface area (Å²) >= 11 is 0. The highest BCUT2D eigenvalue weighted by atomic mass is 32.2. The smallest absolute Gasteiger partial charge is 0.0790 e. The van der Waals surface area contributed by atoms with Crippen molar-refractivity contribution in [1.29, 1.82) is 0 Å². The molecule has 0 spiro atoms. The number of hydrogen-bond acceptors (Lipinski definition) is 3. The lowest BCUT2D eigenvalue weighted by atomic mass is 9.97. The summed E-state index contributed by atoms with van der Waals surface area (Å²) in [6, 6.07) is 0.443. The molecule has 1 saturated carbocycles. The molecule has 2 fully saturated rings. The Labute approximate surface area is 81.6 Å². The Hall–Kier alpha value is 0.0700. The molecule has 1 N–H and O–H groups in total. The average molecular weight is 203 g/mol. The first kappa shape index (κ1) is 9.62. The van der Waals surface area contributed by atoms with Gasteiger partial charge in [-0.3, -0.25) is 9.05 Å². The molecule has 1 aliphatic heterocycles. The third kappa shape index (κ3) is 2.76. The second-order valence-electron chi connectivity index (χ2n) is 3.91. The van der Waals surface area contributed by atoms with Crippen LogP contribution >= 0.6 is 0 Å². The van der Waals surface area contributed by atoms with Crippen LogP contribution in [0, 0.1) is 0 Å². The lowest BCUT2D eigenvalue weighted by molar-refractivity contribution is -0.0794. The molecule has 4 heteroatoms. The molecule has 2 rings (SSSR count). The van der Waals surface area contributed by atoms with Crippen LogP contribution in [0.15, 0.2) is 0 Å². The molecule has 0 unspecified atom stereocenters. The zero-order chi connectivity index (χ0) is 9.10. The van der Waals surface area contributed by atoms with Crippen LogP contribution in [0.5, 0.6) is 0 Å². The Kier molecular flexibility index (Phi) is 3.35. The maximum Gasteiger partial charge on any atom is 0.0790 e. The highest BCUT2D eigenvalue weighted by Gasteiger charge is 2.22. The highest BCUT2D eigenvalue weighted by Crippen LogP contribution is 2.21. The highest BCUT2D eigenvalue weighted by molar-refractivity contribution is 7.85. The van der Waals surface area contributed by atoms with Crippen LogP contribution in [0.25, 0.3) is 0 Å². The van der Waals surface area contributed by atoms with Crippen LogP contribution in [-0.4, -0.2) is 27.9 Å². The van der Waals surface area contributed by atoms with Gasteiger partial charge in [-0.15, -0.1) is 0 Å². The van der Waals surface area contributed by atoms with Gasteiger partial charge in [0.25, 0.3) is 0 Å². The maximum absolute atomic E-state index is 11.1. The Morgan fingerprint density at radius 2 is 1.85 bits per heavy atom. The van der Waals surface area contributed by atoms with E-state index in [1.165, 1.54) is 19.3 Å². The summed E-state index contributed by atoms with van der Waals surface area (Å²) in [6.07, 6.45) is 6.16. The van der Waals surface area contributed by atoms with E-state index in [2.05, 4.69) is 5.48 Å². The molecule has 1 saturated heterocycles. The Morgan fingerprint density at radius 3 is 2.38 bits per heavy atom. The summed E-state index contributed by atoms with van der Waals surface area (Å²) in [5, 5.41) is 0. The summed E-state index contributed by atoms with van der Waals surface area (Å²) in [7, 11) is -0.559. The van der Waals surface area contributed by atoms with Gasteiger partial charge >= 0.3 is 0 Å². The second kappa shape index (κ2) is 4.53. The van der Waals surface area contributed by atoms with E-state index in [1.54, 1.807) is 0 Å². The van der Waals surface area contributed by atoms with Gasteiger partial charge in [-0.1, -0.05) is 0 Å². The number of rotatable bonds is 3. The fourth-order valence-corrected chi connectivity index (χ4v) is 2.89. The van der Waals surface area contributed by atoms with E-state index in [-0.39, 0.29) is 0 Å². The minimum absolute atomic E-state index is 0.443. The summed E-state index contributed by atoms with van der Waals surface area (Å²) in [5.41, 5.74) is 3.11. The van der Waals surface area contributed by atoms with Gasteiger partial charge in [-0.05, 0) is 32.1 Å². The van der Waals surface area contributed by atoms with Crippen LogP contribution in [0.2, 0.25) is 0 Å². The SMILES string of the molecule is O=S1CCC(NOC2CCC2)CC1. The number of nitrogens with one attached hydrogen (secondary N) is 1. The molecule has 76 valence electrons. The van der Waals surface area contributed by atoms with Crippen molar-refractivity contribution in [1.82, 2.24) is 5.48 Å². The number of hydroxylamine groups is 1. The van der Waals surface area contributed by atoms with Gasteiger partial charge in [-0.25, -0.2) is 0 Å². The third-order valence-electron chi connectivity index (χ3n) is 2.84. The van der Waals surface area contributed by atoms with Crippen molar-refractivity contribution in [2.45, 2.75) is 44.2 Å². The van der Waals surface area contributed by atoms with Crippen LogP contribution in [0.3, 0.4) is 0 Å². The molecule has 3 nitrogen and oxygen atoms in total. The van der Waals surface area contributed by atoms with E-state index in [9.17, 15) is 4.21 Å². The summed E-state index contributed by atoms with van der Waals surface area (Å²) in [6.45, 7) is 0. The van der Waals surface area contributed by atoms with Crippen LogP contribution in [-0.2, 0) is 15.6 Å². The van der Waals surface area contributed by atoms with Crippen molar-refractivity contribution in [3.8, 4) is 0 Å². The molecule has 13 heavy (non-hydrogen) atoms. The second-order valence-corrected chi connectivity index (χ2v) is 5.61. The summed E-state index contributed by atoms with van der Waals surface area (Å²) in [5.74, 6) is 1.68. The zero-order valence-corrected chi connectivity index (χ0v) is 8.65. The van der Waals surface area contributed by atoms with Gasteiger partial charge in [0, 0.05) is 28.3 Å². The van der Waals surface area contributed by atoms with E-state index in [0.29, 0.717) is 12.1 Å². The maximum atomic E-state index is 11.1. The van der Waals surface area contributed by atoms with Crippen LogP contribution in [0.1, 0.15) is 32.1 Å². The largest absolute Gasteiger partial charge is 0.298 e. The van der Waals surface area contributed by atoms with E-state index in [4.69, 9.17) is 4.84 Å². The first-order chi connectivity index (χ1) is 6.34. The molecule has 1 heterocycles. The fourth-order valence-electron chi connectivity index (χ4n) is 1.59. The predicted molar refractivity (Wildman–Crippen MR) is 52.8 cm³/mol. The molecule has 0 aromatic carbocycles. The lowest BCUT2D eigenvalue weighted by Crippen LogP contribution is -2.39. The molecule has 0 radical (unpaired) electrons. The summed E-state index contributed by atoms with van der Waals surface area (Å²) < 4.78 is 11.1. The van der Waals surface area contributed by atoms with Gasteiger partial charge < -0.3 is 0 Å². The van der Waals surface area contributed by atoms with Crippen LogP contribution in [0.4, 0.5) is 0 Å². The standard InChI is InChI=1S/C9H17NO2S/c11-13-6-4-8(5-7-13)10-12-9-2-1-3-9/h8-10H,1-7H2. The third-order valence-corrected chi connectivity index (χ3v) is 4.22. The molecule has 1 aliphatic carbocycles. The normalized spacial score (nSPS) is 35.7. The molecular weight excluding hydrogens is 186 g/mol. The van der Waals surface area contributed by atoms with E-state index >= 15 is 0 Å². The lowest BCUT2D eigenvalue weighted by Gasteiger charge is -2.29. The topological polar surface area (TPSA) is 38.3 Å². The Bertz CT molecular complexity index is 184. The molecule has 0 aromatic rings. The minimum atomic E-state index is -0.559. The fraction of sp³-hybridized carbons (Fsp3) is 1.00. The van der Waals surface area contributed by atoms with Gasteiger partial charge in [-0.2, -0.15) is 5.48 Å². The first-order valence-corrected chi connectivity index (χ1v) is 6.59. The summed E-state index contributed by atoms with van der Waals surface area (Å²) in [4.78, 5) is 5.50. The van der Waals surface area contributed by atoms with E-state index in [1.807, 2.05) is 0 Å². The van der Waals surface area contributed by atoms with Gasteiger partial charge in [0.1, 0.15) is 0 Å². The molecule has 0 aromatic heterocycles. The molecular formula is C9H17NO2S. The van der Waals surface area contributed by atoms with Crippen molar-refractivity contribution >= 4 is 10.8 Å². The van der Waals surface area contributed by atoms with Gasteiger partial charge in [0.05, 0.1) is 6.10 Å². The number of hydrogen-bond donors (Lipinski definition) is 1. The predicted octanol–water partition coefficient (Wildman–Crippen LogP) is 0.971. The molecule has 0 atom stereocenters. The minimum Gasteiger partial charge on any atom is -0.298 e.